The Kier molecular flexibility index (Phi) is 32.5. The number of ether oxygens (including phenoxy) is 7. The molecule has 4 aliphatic carbocycles. The van der Waals surface area contributed by atoms with Gasteiger partial charge in [0.1, 0.15) is 145 Å². The van der Waals surface area contributed by atoms with Gasteiger partial charge in [0.2, 0.25) is 0 Å². The molecule has 0 spiro atoms. The van der Waals surface area contributed by atoms with Crippen molar-refractivity contribution in [2.24, 2.45) is 21.7 Å². The van der Waals surface area contributed by atoms with Gasteiger partial charge in [0.15, 0.2) is 0 Å². The molecule has 4 aliphatic rings. The lowest BCUT2D eigenvalue weighted by atomic mass is 9.74. The molecule has 20 nitrogen and oxygen atoms in total. The standard InChI is InChI=1S/C110H112N12O8/c1-107(2)59-81(46-88(63-107)92(67-111)68-112)18-14-77-22-30-96(31-23-77)119(9)38-42-125-100-50-85(51-101(56-100)126-43-39-120(10)97-32-24-78(25-33-97)15-19-82-47-89(93(69-113)70-114)64-108(3,4)60-82)75-129-104-54-87(106(123)124-13)55-105(58-104)130-76-86-52-102(127-44-40-121(11)98-34-26-79(27-35-98)16-20-83-48-90(94(71-115)72-116)65-109(5,6)61-83)57-103(53-86)128-45-41-122(12)99-36-28-80(29-37-99)17-21-84-49-91(95(73-117)74-118)66-110(7,8)62-84/h14-37,46-58H,38-45,59-66,75-76H2,1-13H3/b18-14+,19-15+,20-16+,21-17+. The van der Waals surface area contributed by atoms with Gasteiger partial charge in [-0.3, -0.25) is 0 Å². The first kappa shape index (κ1) is 95.5. The van der Waals surface area contributed by atoms with E-state index in [0.29, 0.717) is 113 Å². The van der Waals surface area contributed by atoms with Gasteiger partial charge in [-0.25, -0.2) is 4.79 Å². The second kappa shape index (κ2) is 44.3. The number of carbonyl (C=O) groups is 1. The topological polar surface area (TPSA) is 285 Å². The number of hydrogen-bond acceptors (Lipinski definition) is 20. The Morgan fingerprint density at radius 1 is 0.308 bits per heavy atom. The summed E-state index contributed by atoms with van der Waals surface area (Å²) in [6.45, 7) is 20.7. The molecule has 130 heavy (non-hydrogen) atoms. The maximum absolute atomic E-state index is 13.5. The molecule has 11 rings (SSSR count). The lowest BCUT2D eigenvalue weighted by molar-refractivity contribution is 0.0599. The number of rotatable bonds is 35. The highest BCUT2D eigenvalue weighted by Gasteiger charge is 2.31. The number of allylic oxidation sites excluding steroid dienone is 20. The Morgan fingerprint density at radius 3 is 0.731 bits per heavy atom. The Hall–Kier alpha value is -15.2. The van der Waals surface area contributed by atoms with Crippen LogP contribution in [0.15, 0.2) is 267 Å². The van der Waals surface area contributed by atoms with Crippen molar-refractivity contribution in [2.45, 2.75) is 120 Å². The van der Waals surface area contributed by atoms with E-state index in [1.165, 1.54) is 7.11 Å². The van der Waals surface area contributed by atoms with Crippen LogP contribution in [0.2, 0.25) is 0 Å². The summed E-state index contributed by atoms with van der Waals surface area (Å²) in [5.74, 6) is 2.31. The maximum atomic E-state index is 13.5. The van der Waals surface area contributed by atoms with E-state index in [0.717, 1.165) is 126 Å². The number of likely N-dealkylation sites (N-methyl/N-ethyl adjacent to an activating group) is 4. The van der Waals surface area contributed by atoms with Crippen molar-refractivity contribution >= 4 is 53.0 Å². The Bertz CT molecular complexity index is 5350. The Labute approximate surface area is 766 Å². The van der Waals surface area contributed by atoms with Gasteiger partial charge in [0.25, 0.3) is 0 Å². The van der Waals surface area contributed by atoms with E-state index < -0.39 is 5.97 Å². The molecule has 0 saturated carbocycles. The second-order valence-corrected chi connectivity index (χ2v) is 36.6. The number of benzene rings is 7. The summed E-state index contributed by atoms with van der Waals surface area (Å²) < 4.78 is 44.7. The molecule has 0 aliphatic heterocycles. The molecule has 7 aromatic rings. The monoisotopic (exact) mass is 1730 g/mol. The van der Waals surface area contributed by atoms with E-state index in [1.54, 1.807) is 18.2 Å². The van der Waals surface area contributed by atoms with E-state index in [9.17, 15) is 46.9 Å². The van der Waals surface area contributed by atoms with Crippen LogP contribution in [-0.4, -0.2) is 93.9 Å². The molecular formula is C110H112N12O8. The molecule has 0 atom stereocenters. The van der Waals surface area contributed by atoms with E-state index in [1.807, 2.05) is 88.9 Å². The number of hydrogen-bond donors (Lipinski definition) is 0. The predicted octanol–water partition coefficient (Wildman–Crippen LogP) is 23.1. The van der Waals surface area contributed by atoms with E-state index in [-0.39, 0.29) is 62.7 Å². The normalized spacial score (nSPS) is 15.2. The molecule has 0 aromatic heterocycles. The zero-order valence-corrected chi connectivity index (χ0v) is 76.7. The van der Waals surface area contributed by atoms with Gasteiger partial charge in [0.05, 0.1) is 38.9 Å². The molecule has 0 fully saturated rings. The summed E-state index contributed by atoms with van der Waals surface area (Å²) in [4.78, 5) is 22.0. The molecule has 0 heterocycles. The zero-order chi connectivity index (χ0) is 93.1. The van der Waals surface area contributed by atoms with Gasteiger partial charge >= 0.3 is 5.97 Å². The third-order valence-corrected chi connectivity index (χ3v) is 23.1. The van der Waals surface area contributed by atoms with Crippen LogP contribution >= 0.6 is 0 Å². The number of methoxy groups -OCH3 is 1. The van der Waals surface area contributed by atoms with Crippen molar-refractivity contribution in [1.82, 2.24) is 0 Å². The van der Waals surface area contributed by atoms with Crippen molar-refractivity contribution in [3.63, 3.8) is 0 Å². The number of nitriles is 8. The van der Waals surface area contributed by atoms with E-state index >= 15 is 0 Å². The largest absolute Gasteiger partial charge is 0.492 e. The Balaban J connectivity index is 0.788. The molecule has 660 valence electrons. The summed E-state index contributed by atoms with van der Waals surface area (Å²) in [7, 11) is 9.37. The smallest absolute Gasteiger partial charge is 0.338 e. The van der Waals surface area contributed by atoms with Crippen LogP contribution in [-0.2, 0) is 18.0 Å². The lowest BCUT2D eigenvalue weighted by Crippen LogP contribution is -2.24. The number of anilines is 4. The van der Waals surface area contributed by atoms with Crippen molar-refractivity contribution in [1.29, 1.82) is 42.1 Å². The van der Waals surface area contributed by atoms with Crippen LogP contribution in [0, 0.1) is 112 Å². The average Bonchev–Trinajstić information content (AvgIpc) is 0.832. The van der Waals surface area contributed by atoms with Crippen LogP contribution in [0.3, 0.4) is 0 Å². The van der Waals surface area contributed by atoms with Gasteiger partial charge < -0.3 is 52.8 Å². The van der Waals surface area contributed by atoms with Crippen molar-refractivity contribution in [3.8, 4) is 83.1 Å². The molecule has 0 N–H and O–H groups in total. The number of esters is 1. The first-order valence-electron chi connectivity index (χ1n) is 43.6. The fraction of sp³-hybridized carbons (Fsp3) is 0.318. The SMILES string of the molecule is COC(=O)c1cc(OCc2cc(OCCN(C)c3ccc(/C=C/C4=CC(=C(C#N)C#N)CC(C)(C)C4)cc3)cc(OCCN(C)c3ccc(/C=C/C4=CC(=C(C#N)C#N)CC(C)(C)C4)cc3)c2)cc(OCc2cc(OCCN(C)c3ccc(/C=C/C4=CC(=C(C#N)C#N)CC(C)(C)C4)cc3)cc(OCCN(C)c3ccc(/C=C/C4=CC(=C(C#N)C#N)CC(C)(C)C4)cc3)c2)c1. The predicted molar refractivity (Wildman–Crippen MR) is 514 cm³/mol. The minimum atomic E-state index is -0.591. The van der Waals surface area contributed by atoms with Crippen LogP contribution in [0.5, 0.6) is 34.5 Å². The van der Waals surface area contributed by atoms with Crippen molar-refractivity contribution in [3.05, 3.63) is 306 Å². The second-order valence-electron chi connectivity index (χ2n) is 36.6. The molecule has 20 heteroatoms. The highest BCUT2D eigenvalue weighted by atomic mass is 16.5. The number of carbonyl (C=O) groups excluding carboxylic acids is 1. The fourth-order valence-corrected chi connectivity index (χ4v) is 16.5. The molecule has 0 unspecified atom stereocenters. The summed E-state index contributed by atoms with van der Waals surface area (Å²) in [6, 6.07) is 65.9. The van der Waals surface area contributed by atoms with Gasteiger partial charge in [-0.05, 0) is 236 Å². The zero-order valence-electron chi connectivity index (χ0n) is 76.7. The van der Waals surface area contributed by atoms with E-state index in [4.69, 9.17) is 33.2 Å². The van der Waals surface area contributed by atoms with Crippen molar-refractivity contribution < 1.29 is 38.0 Å². The summed E-state index contributed by atoms with van der Waals surface area (Å²) in [5.41, 5.74) is 17.2. The molecule has 0 radical (unpaired) electrons. The maximum Gasteiger partial charge on any atom is 0.338 e. The summed E-state index contributed by atoms with van der Waals surface area (Å²) in [5, 5.41) is 77.0. The highest BCUT2D eigenvalue weighted by Crippen LogP contribution is 2.44. The average molecular weight is 1730 g/mol. The highest BCUT2D eigenvalue weighted by molar-refractivity contribution is 5.90. The van der Waals surface area contributed by atoms with Gasteiger partial charge in [-0.15, -0.1) is 0 Å². The first-order valence-corrected chi connectivity index (χ1v) is 43.6. The third kappa shape index (κ3) is 27.9. The Morgan fingerprint density at radius 2 is 0.523 bits per heavy atom. The van der Waals surface area contributed by atoms with Gasteiger partial charge in [-0.2, -0.15) is 42.1 Å². The van der Waals surface area contributed by atoms with Crippen LogP contribution < -0.4 is 48.0 Å². The van der Waals surface area contributed by atoms with Crippen LogP contribution in [0.1, 0.15) is 150 Å². The first-order chi connectivity index (χ1) is 62.3. The lowest BCUT2D eigenvalue weighted by Gasteiger charge is -2.30. The molecule has 7 aromatic carbocycles. The molecule has 0 saturated heterocycles. The summed E-state index contributed by atoms with van der Waals surface area (Å²) in [6.07, 6.45) is 30.3. The molecule has 0 amide bonds. The van der Waals surface area contributed by atoms with E-state index in [2.05, 4.69) is 269 Å². The quantitative estimate of drug-likeness (QED) is 0.0263. The van der Waals surface area contributed by atoms with Crippen LogP contribution in [0.25, 0.3) is 24.3 Å². The summed E-state index contributed by atoms with van der Waals surface area (Å²) >= 11 is 0. The number of nitrogens with zero attached hydrogens (tertiary/aromatic N) is 12. The fourth-order valence-electron chi connectivity index (χ4n) is 16.5. The van der Waals surface area contributed by atoms with Gasteiger partial charge in [-0.1, -0.05) is 177 Å². The molecule has 0 bridgehead atoms. The van der Waals surface area contributed by atoms with Gasteiger partial charge in [0, 0.05) is 69.1 Å². The molecular weight excluding hydrogens is 1620 g/mol. The van der Waals surface area contributed by atoms with Crippen LogP contribution in [0.4, 0.5) is 22.7 Å². The minimum Gasteiger partial charge on any atom is -0.492 e. The third-order valence-electron chi connectivity index (χ3n) is 23.1. The minimum absolute atomic E-state index is 0.0399. The van der Waals surface area contributed by atoms with Crippen molar-refractivity contribution in [2.75, 3.05) is 108 Å².